The molecule has 1 aliphatic heterocycles. The van der Waals surface area contributed by atoms with Gasteiger partial charge in [-0.05, 0) is 50.4 Å². The van der Waals surface area contributed by atoms with E-state index in [1.165, 1.54) is 6.07 Å². The van der Waals surface area contributed by atoms with Gasteiger partial charge in [0.2, 0.25) is 0 Å². The number of halogens is 1. The van der Waals surface area contributed by atoms with Crippen LogP contribution in [0.3, 0.4) is 0 Å². The van der Waals surface area contributed by atoms with Crippen molar-refractivity contribution < 1.29 is 9.13 Å². The van der Waals surface area contributed by atoms with E-state index in [1.807, 2.05) is 6.07 Å². The lowest BCUT2D eigenvalue weighted by atomic mass is 10.1. The molecule has 1 aromatic rings. The molecule has 2 rings (SSSR count). The fraction of sp³-hybridized carbons (Fsp3) is 0.571. The van der Waals surface area contributed by atoms with E-state index in [0.717, 1.165) is 37.9 Å². The Bertz CT molecular complexity index is 356. The number of hydrogen-bond acceptors (Lipinski definition) is 2. The predicted octanol–water partition coefficient (Wildman–Crippen LogP) is 2.53. The Labute approximate surface area is 102 Å². The fourth-order valence-corrected chi connectivity index (χ4v) is 2.22. The Morgan fingerprint density at radius 1 is 1.41 bits per heavy atom. The van der Waals surface area contributed by atoms with Crippen LogP contribution in [-0.2, 0) is 11.2 Å². The van der Waals surface area contributed by atoms with Crippen molar-refractivity contribution in [3.05, 3.63) is 35.6 Å². The molecule has 0 bridgehead atoms. The summed E-state index contributed by atoms with van der Waals surface area (Å²) < 4.78 is 18.6. The molecule has 1 N–H and O–H groups in total. The maximum atomic E-state index is 12.9. The zero-order valence-corrected chi connectivity index (χ0v) is 10.3. The Hall–Kier alpha value is -0.930. The highest BCUT2D eigenvalue weighted by atomic mass is 19.1. The average molecular weight is 237 g/mol. The van der Waals surface area contributed by atoms with E-state index in [1.54, 1.807) is 12.1 Å². The third kappa shape index (κ3) is 4.10. The van der Waals surface area contributed by atoms with E-state index in [-0.39, 0.29) is 5.82 Å². The molecule has 0 aliphatic carbocycles. The highest BCUT2D eigenvalue weighted by Gasteiger charge is 2.20. The van der Waals surface area contributed by atoms with Crippen LogP contribution < -0.4 is 5.32 Å². The number of rotatable bonds is 5. The first kappa shape index (κ1) is 12.5. The molecule has 1 heterocycles. The van der Waals surface area contributed by atoms with Gasteiger partial charge in [-0.3, -0.25) is 0 Å². The lowest BCUT2D eigenvalue weighted by Crippen LogP contribution is -2.28. The lowest BCUT2D eigenvalue weighted by Gasteiger charge is -2.12. The van der Waals surface area contributed by atoms with Crippen LogP contribution >= 0.6 is 0 Å². The monoisotopic (exact) mass is 237 g/mol. The first-order valence-electron chi connectivity index (χ1n) is 6.34. The van der Waals surface area contributed by atoms with Gasteiger partial charge in [-0.2, -0.15) is 0 Å². The van der Waals surface area contributed by atoms with Crippen LogP contribution in [0.15, 0.2) is 24.3 Å². The standard InChI is InChI=1S/C14H20FNO/c1-11-5-6-14(17-11)10-16-8-7-12-3-2-4-13(15)9-12/h2-4,9,11,14,16H,5-8,10H2,1H3. The van der Waals surface area contributed by atoms with Crippen molar-refractivity contribution in [2.45, 2.75) is 38.4 Å². The van der Waals surface area contributed by atoms with Crippen LogP contribution in [0.2, 0.25) is 0 Å². The SMILES string of the molecule is CC1CCC(CNCCc2cccc(F)c2)O1. The van der Waals surface area contributed by atoms with Gasteiger partial charge in [-0.15, -0.1) is 0 Å². The summed E-state index contributed by atoms with van der Waals surface area (Å²) in [7, 11) is 0. The molecule has 1 saturated heterocycles. The lowest BCUT2D eigenvalue weighted by molar-refractivity contribution is 0.0562. The molecular formula is C14H20FNO. The molecule has 3 heteroatoms. The molecule has 1 aromatic carbocycles. The van der Waals surface area contributed by atoms with Crippen LogP contribution in [0.5, 0.6) is 0 Å². The van der Waals surface area contributed by atoms with Gasteiger partial charge in [0.25, 0.3) is 0 Å². The van der Waals surface area contributed by atoms with Gasteiger partial charge < -0.3 is 10.1 Å². The number of hydrogen-bond donors (Lipinski definition) is 1. The maximum Gasteiger partial charge on any atom is 0.123 e. The summed E-state index contributed by atoms with van der Waals surface area (Å²) in [5, 5.41) is 3.37. The first-order chi connectivity index (χ1) is 8.24. The number of benzene rings is 1. The normalized spacial score (nSPS) is 24.1. The average Bonchev–Trinajstić information content (AvgIpc) is 2.71. The molecule has 2 atom stereocenters. The minimum atomic E-state index is -0.157. The zero-order valence-electron chi connectivity index (χ0n) is 10.3. The molecule has 1 aliphatic rings. The van der Waals surface area contributed by atoms with Gasteiger partial charge in [0.1, 0.15) is 5.82 Å². The molecule has 0 aromatic heterocycles. The van der Waals surface area contributed by atoms with Gasteiger partial charge in [-0.1, -0.05) is 12.1 Å². The van der Waals surface area contributed by atoms with Crippen LogP contribution in [0.25, 0.3) is 0 Å². The van der Waals surface area contributed by atoms with Crippen molar-refractivity contribution in [3.8, 4) is 0 Å². The zero-order chi connectivity index (χ0) is 12.1. The smallest absolute Gasteiger partial charge is 0.123 e. The van der Waals surface area contributed by atoms with E-state index in [9.17, 15) is 4.39 Å². The van der Waals surface area contributed by atoms with E-state index >= 15 is 0 Å². The van der Waals surface area contributed by atoms with E-state index in [2.05, 4.69) is 12.2 Å². The summed E-state index contributed by atoms with van der Waals surface area (Å²) >= 11 is 0. The molecule has 0 radical (unpaired) electrons. The fourth-order valence-electron chi connectivity index (χ4n) is 2.22. The van der Waals surface area contributed by atoms with Crippen molar-refractivity contribution in [2.24, 2.45) is 0 Å². The van der Waals surface area contributed by atoms with Gasteiger partial charge >= 0.3 is 0 Å². The second-order valence-corrected chi connectivity index (χ2v) is 4.73. The van der Waals surface area contributed by atoms with Gasteiger partial charge in [0, 0.05) is 6.54 Å². The second kappa shape index (κ2) is 6.12. The quantitative estimate of drug-likeness (QED) is 0.795. The summed E-state index contributed by atoms with van der Waals surface area (Å²) in [6.45, 7) is 3.89. The summed E-state index contributed by atoms with van der Waals surface area (Å²) in [5.74, 6) is -0.157. The maximum absolute atomic E-state index is 12.9. The minimum Gasteiger partial charge on any atom is -0.374 e. The molecule has 0 spiro atoms. The first-order valence-corrected chi connectivity index (χ1v) is 6.34. The summed E-state index contributed by atoms with van der Waals surface area (Å²) in [5.41, 5.74) is 1.04. The molecule has 1 fully saturated rings. The van der Waals surface area contributed by atoms with Crippen molar-refractivity contribution in [2.75, 3.05) is 13.1 Å². The molecule has 2 unspecified atom stereocenters. The van der Waals surface area contributed by atoms with E-state index in [0.29, 0.717) is 12.2 Å². The van der Waals surface area contributed by atoms with Crippen LogP contribution in [0, 0.1) is 5.82 Å². The van der Waals surface area contributed by atoms with Crippen LogP contribution in [-0.4, -0.2) is 25.3 Å². The van der Waals surface area contributed by atoms with Crippen LogP contribution in [0.4, 0.5) is 4.39 Å². The third-order valence-corrected chi connectivity index (χ3v) is 3.17. The van der Waals surface area contributed by atoms with Crippen molar-refractivity contribution in [1.82, 2.24) is 5.32 Å². The van der Waals surface area contributed by atoms with Gasteiger partial charge in [-0.25, -0.2) is 4.39 Å². The summed E-state index contributed by atoms with van der Waals surface area (Å²) in [6.07, 6.45) is 3.94. The number of ether oxygens (including phenoxy) is 1. The topological polar surface area (TPSA) is 21.3 Å². The summed E-state index contributed by atoms with van der Waals surface area (Å²) in [4.78, 5) is 0. The second-order valence-electron chi connectivity index (χ2n) is 4.73. The van der Waals surface area contributed by atoms with Crippen LogP contribution in [0.1, 0.15) is 25.3 Å². The van der Waals surface area contributed by atoms with Gasteiger partial charge in [0.15, 0.2) is 0 Å². The molecule has 0 saturated carbocycles. The molecule has 17 heavy (non-hydrogen) atoms. The number of nitrogens with one attached hydrogen (secondary N) is 1. The largest absolute Gasteiger partial charge is 0.374 e. The van der Waals surface area contributed by atoms with E-state index < -0.39 is 0 Å². The Morgan fingerprint density at radius 2 is 2.29 bits per heavy atom. The molecular weight excluding hydrogens is 217 g/mol. The Balaban J connectivity index is 1.63. The molecule has 94 valence electrons. The van der Waals surface area contributed by atoms with Gasteiger partial charge in [0.05, 0.1) is 12.2 Å². The van der Waals surface area contributed by atoms with Crippen molar-refractivity contribution >= 4 is 0 Å². The highest BCUT2D eigenvalue weighted by Crippen LogP contribution is 2.18. The Kier molecular flexibility index (Phi) is 4.51. The highest BCUT2D eigenvalue weighted by molar-refractivity contribution is 5.16. The van der Waals surface area contributed by atoms with E-state index in [4.69, 9.17) is 4.74 Å². The minimum absolute atomic E-state index is 0.157. The Morgan fingerprint density at radius 3 is 3.00 bits per heavy atom. The molecule has 0 amide bonds. The van der Waals surface area contributed by atoms with Crippen molar-refractivity contribution in [1.29, 1.82) is 0 Å². The third-order valence-electron chi connectivity index (χ3n) is 3.17. The van der Waals surface area contributed by atoms with Crippen molar-refractivity contribution in [3.63, 3.8) is 0 Å². The summed E-state index contributed by atoms with van der Waals surface area (Å²) in [6, 6.07) is 6.78. The molecule has 2 nitrogen and oxygen atoms in total. The predicted molar refractivity (Wildman–Crippen MR) is 66.5 cm³/mol.